The van der Waals surface area contributed by atoms with Gasteiger partial charge in [0.2, 0.25) is 5.01 Å². The van der Waals surface area contributed by atoms with Gasteiger partial charge in [0.05, 0.1) is 0 Å². The first kappa shape index (κ1) is 23.8. The smallest absolute Gasteiger partial charge is 0.286 e. The average Bonchev–Trinajstić information content (AvgIpc) is 3.34. The standard InChI is InChI=1S/C25H29N5O3S/c1-3-12-29-13-15-30(16-14-29)25(32)19-8-10-20(11-9-19)26-23(31)24-28-27-22(34-24)17-33-21-7-5-4-6-18(21)2/h4-11H,3,12-17H2,1-2H3,(H,26,31). The fraction of sp³-hybridized carbons (Fsp3) is 0.360. The second-order valence-electron chi connectivity index (χ2n) is 8.22. The predicted octanol–water partition coefficient (Wildman–Crippen LogP) is 3.85. The summed E-state index contributed by atoms with van der Waals surface area (Å²) in [7, 11) is 0. The Labute approximate surface area is 203 Å². The average molecular weight is 480 g/mol. The molecule has 1 saturated heterocycles. The van der Waals surface area contributed by atoms with Gasteiger partial charge in [-0.05, 0) is 55.8 Å². The van der Waals surface area contributed by atoms with Crippen molar-refractivity contribution in [3.63, 3.8) is 0 Å². The predicted molar refractivity (Wildman–Crippen MR) is 132 cm³/mol. The van der Waals surface area contributed by atoms with Gasteiger partial charge >= 0.3 is 0 Å². The van der Waals surface area contributed by atoms with E-state index in [-0.39, 0.29) is 23.4 Å². The second-order valence-corrected chi connectivity index (χ2v) is 9.28. The molecule has 0 atom stereocenters. The van der Waals surface area contributed by atoms with Crippen LogP contribution in [0.3, 0.4) is 0 Å². The molecule has 0 radical (unpaired) electrons. The van der Waals surface area contributed by atoms with Crippen molar-refractivity contribution < 1.29 is 14.3 Å². The summed E-state index contributed by atoms with van der Waals surface area (Å²) < 4.78 is 5.78. The SMILES string of the molecule is CCCN1CCN(C(=O)c2ccc(NC(=O)c3nnc(COc4ccccc4C)s3)cc2)CC1. The Morgan fingerprint density at radius 1 is 1.03 bits per heavy atom. The lowest BCUT2D eigenvalue weighted by Crippen LogP contribution is -2.48. The molecule has 2 aromatic carbocycles. The molecule has 4 rings (SSSR count). The molecule has 0 bridgehead atoms. The third kappa shape index (κ3) is 5.98. The van der Waals surface area contributed by atoms with E-state index in [2.05, 4.69) is 27.3 Å². The Morgan fingerprint density at radius 2 is 1.76 bits per heavy atom. The van der Waals surface area contributed by atoms with E-state index in [1.807, 2.05) is 36.1 Å². The van der Waals surface area contributed by atoms with Crippen LogP contribution in [0, 0.1) is 6.92 Å². The highest BCUT2D eigenvalue weighted by Gasteiger charge is 2.22. The normalized spacial score (nSPS) is 14.1. The largest absolute Gasteiger partial charge is 0.486 e. The molecule has 0 saturated carbocycles. The Morgan fingerprint density at radius 3 is 2.47 bits per heavy atom. The van der Waals surface area contributed by atoms with Gasteiger partial charge in [-0.25, -0.2) is 0 Å². The molecule has 1 N–H and O–H groups in total. The summed E-state index contributed by atoms with van der Waals surface area (Å²) in [4.78, 5) is 29.7. The van der Waals surface area contributed by atoms with Crippen molar-refractivity contribution >= 4 is 28.8 Å². The van der Waals surface area contributed by atoms with Gasteiger partial charge in [-0.3, -0.25) is 14.5 Å². The number of carbonyl (C=O) groups excluding carboxylic acids is 2. The second kappa shape index (κ2) is 11.2. The van der Waals surface area contributed by atoms with Crippen molar-refractivity contribution in [3.8, 4) is 5.75 Å². The molecule has 2 amide bonds. The maximum Gasteiger partial charge on any atom is 0.286 e. The fourth-order valence-electron chi connectivity index (χ4n) is 3.82. The van der Waals surface area contributed by atoms with Gasteiger partial charge in [-0.1, -0.05) is 36.5 Å². The quantitative estimate of drug-likeness (QED) is 0.528. The van der Waals surface area contributed by atoms with Crippen LogP contribution < -0.4 is 10.1 Å². The highest BCUT2D eigenvalue weighted by atomic mass is 32.1. The molecule has 8 nitrogen and oxygen atoms in total. The van der Waals surface area contributed by atoms with E-state index in [0.717, 1.165) is 50.5 Å². The van der Waals surface area contributed by atoms with Gasteiger partial charge in [0.15, 0.2) is 5.01 Å². The number of anilines is 1. The van der Waals surface area contributed by atoms with E-state index in [1.165, 1.54) is 11.3 Å². The number of benzene rings is 2. The summed E-state index contributed by atoms with van der Waals surface area (Å²) in [6.07, 6.45) is 1.13. The fourth-order valence-corrected chi connectivity index (χ4v) is 4.46. The zero-order chi connectivity index (χ0) is 23.9. The summed E-state index contributed by atoms with van der Waals surface area (Å²) in [5.74, 6) is 0.461. The summed E-state index contributed by atoms with van der Waals surface area (Å²) in [5.41, 5.74) is 2.25. The summed E-state index contributed by atoms with van der Waals surface area (Å²) in [6.45, 7) is 8.77. The van der Waals surface area contributed by atoms with Crippen LogP contribution in [0.2, 0.25) is 0 Å². The summed E-state index contributed by atoms with van der Waals surface area (Å²) >= 11 is 1.19. The third-order valence-electron chi connectivity index (χ3n) is 5.69. The number of aromatic nitrogens is 2. The van der Waals surface area contributed by atoms with Crippen LogP contribution in [-0.2, 0) is 6.61 Å². The Bertz CT molecular complexity index is 1120. The van der Waals surface area contributed by atoms with E-state index in [9.17, 15) is 9.59 Å². The zero-order valence-corrected chi connectivity index (χ0v) is 20.3. The molecule has 2 heterocycles. The van der Waals surface area contributed by atoms with E-state index in [0.29, 0.717) is 16.3 Å². The molecule has 3 aromatic rings. The van der Waals surface area contributed by atoms with Gasteiger partial charge in [0.25, 0.3) is 11.8 Å². The Kier molecular flexibility index (Phi) is 7.87. The molecule has 0 aliphatic carbocycles. The van der Waals surface area contributed by atoms with Crippen LogP contribution in [0.5, 0.6) is 5.75 Å². The van der Waals surface area contributed by atoms with Gasteiger partial charge in [0.1, 0.15) is 12.4 Å². The van der Waals surface area contributed by atoms with Crippen molar-refractivity contribution in [2.45, 2.75) is 26.9 Å². The first-order chi connectivity index (χ1) is 16.5. The van der Waals surface area contributed by atoms with Crippen molar-refractivity contribution in [1.29, 1.82) is 0 Å². The van der Waals surface area contributed by atoms with Gasteiger partial charge in [-0.15, -0.1) is 10.2 Å². The maximum absolute atomic E-state index is 12.8. The number of rotatable bonds is 8. The summed E-state index contributed by atoms with van der Waals surface area (Å²) in [6, 6.07) is 14.7. The van der Waals surface area contributed by atoms with E-state index in [4.69, 9.17) is 4.74 Å². The minimum absolute atomic E-state index is 0.0245. The number of piperazine rings is 1. The van der Waals surface area contributed by atoms with Crippen molar-refractivity contribution in [3.05, 3.63) is 69.7 Å². The topological polar surface area (TPSA) is 87.7 Å². The van der Waals surface area contributed by atoms with Gasteiger partial charge < -0.3 is 15.0 Å². The van der Waals surface area contributed by atoms with Crippen molar-refractivity contribution in [2.24, 2.45) is 0 Å². The lowest BCUT2D eigenvalue weighted by molar-refractivity contribution is 0.0637. The van der Waals surface area contributed by atoms with Crippen molar-refractivity contribution in [1.82, 2.24) is 20.0 Å². The molecule has 1 fully saturated rings. The molecule has 9 heteroatoms. The number of nitrogens with one attached hydrogen (secondary N) is 1. The maximum atomic E-state index is 12.8. The summed E-state index contributed by atoms with van der Waals surface area (Å²) in [5, 5.41) is 11.7. The van der Waals surface area contributed by atoms with Crippen LogP contribution in [0.4, 0.5) is 5.69 Å². The minimum atomic E-state index is -0.342. The minimum Gasteiger partial charge on any atom is -0.486 e. The number of aryl methyl sites for hydroxylation is 1. The van der Waals surface area contributed by atoms with Crippen LogP contribution in [0.1, 0.15) is 44.1 Å². The number of para-hydroxylation sites is 1. The molecule has 0 unspecified atom stereocenters. The molecule has 34 heavy (non-hydrogen) atoms. The van der Waals surface area contributed by atoms with Gasteiger partial charge in [0, 0.05) is 37.4 Å². The van der Waals surface area contributed by atoms with Crippen LogP contribution in [0.25, 0.3) is 0 Å². The lowest BCUT2D eigenvalue weighted by atomic mass is 10.1. The first-order valence-electron chi connectivity index (χ1n) is 11.5. The number of hydrogen-bond donors (Lipinski definition) is 1. The van der Waals surface area contributed by atoms with Crippen LogP contribution >= 0.6 is 11.3 Å². The molecular formula is C25H29N5O3S. The van der Waals surface area contributed by atoms with E-state index >= 15 is 0 Å². The highest BCUT2D eigenvalue weighted by molar-refractivity contribution is 7.13. The van der Waals surface area contributed by atoms with Crippen LogP contribution in [-0.4, -0.2) is 64.5 Å². The van der Waals surface area contributed by atoms with E-state index < -0.39 is 0 Å². The third-order valence-corrected chi connectivity index (χ3v) is 6.59. The molecule has 178 valence electrons. The monoisotopic (exact) mass is 479 g/mol. The number of ether oxygens (including phenoxy) is 1. The van der Waals surface area contributed by atoms with Gasteiger partial charge in [-0.2, -0.15) is 0 Å². The molecule has 0 spiro atoms. The number of amides is 2. The Balaban J connectivity index is 1.29. The molecule has 1 aliphatic rings. The van der Waals surface area contributed by atoms with Crippen LogP contribution in [0.15, 0.2) is 48.5 Å². The molecular weight excluding hydrogens is 450 g/mol. The molecule has 1 aromatic heterocycles. The number of nitrogens with zero attached hydrogens (tertiary/aromatic N) is 4. The molecule has 1 aliphatic heterocycles. The first-order valence-corrected chi connectivity index (χ1v) is 12.3. The number of hydrogen-bond acceptors (Lipinski definition) is 7. The highest BCUT2D eigenvalue weighted by Crippen LogP contribution is 2.20. The zero-order valence-electron chi connectivity index (χ0n) is 19.5. The van der Waals surface area contributed by atoms with E-state index in [1.54, 1.807) is 24.3 Å². The van der Waals surface area contributed by atoms with Crippen molar-refractivity contribution in [2.75, 3.05) is 38.0 Å². The Hall–Kier alpha value is -3.30. The lowest BCUT2D eigenvalue weighted by Gasteiger charge is -2.34. The number of carbonyl (C=O) groups is 2.